The second-order valence-electron chi connectivity index (χ2n) is 13.9. The van der Waals surface area contributed by atoms with Crippen molar-refractivity contribution in [2.24, 2.45) is 34.5 Å². The van der Waals surface area contributed by atoms with E-state index in [2.05, 4.69) is 59.2 Å². The minimum atomic E-state index is -1.45. The predicted molar refractivity (Wildman–Crippen MR) is 137 cm³/mol. The van der Waals surface area contributed by atoms with E-state index in [1.807, 2.05) is 0 Å². The molecule has 0 aromatic rings. The van der Waals surface area contributed by atoms with Crippen LogP contribution >= 0.6 is 0 Å². The molecule has 0 aliphatic heterocycles. The number of hydrogen-bond acceptors (Lipinski definition) is 2. The zero-order chi connectivity index (χ0) is 22.7. The molecule has 4 aliphatic rings. The molecular formula is C27H50O2Si2. The summed E-state index contributed by atoms with van der Waals surface area (Å²) in [5.41, 5.74) is 2.77. The van der Waals surface area contributed by atoms with Crippen LogP contribution in [0.4, 0.5) is 0 Å². The van der Waals surface area contributed by atoms with Crippen LogP contribution in [-0.4, -0.2) is 29.3 Å². The number of allylic oxidation sites excluding steroid dienone is 1. The molecule has 4 heteroatoms. The molecule has 0 heterocycles. The molecule has 0 amide bonds. The lowest BCUT2D eigenvalue weighted by Crippen LogP contribution is -2.51. The largest absolute Gasteiger partial charge is 0.418 e. The van der Waals surface area contributed by atoms with Gasteiger partial charge < -0.3 is 8.85 Å². The van der Waals surface area contributed by atoms with Crippen LogP contribution in [0, 0.1) is 34.5 Å². The summed E-state index contributed by atoms with van der Waals surface area (Å²) in [6.45, 7) is 20.3. The molecule has 0 radical (unpaired) electrons. The van der Waals surface area contributed by atoms with Crippen LogP contribution < -0.4 is 0 Å². The van der Waals surface area contributed by atoms with E-state index in [4.69, 9.17) is 8.85 Å². The number of hydrogen-bond donors (Lipinski definition) is 0. The standard InChI is InChI=1S/C27H50O2Si2/c1-26-17-14-25-23(24(26)12-10-20(26)15-18-28-30(3,4)5)11-9-21-19-22(29-31(6,7)8)13-16-27(21,25)2/h9,20,22-25H,10-19H2,1-8H3/t20-,22?,23+,24+,25+,26-,27+/m1/s1. The molecule has 0 aromatic heterocycles. The fraction of sp³-hybridized carbons (Fsp3) is 0.926. The molecule has 3 saturated carbocycles. The van der Waals surface area contributed by atoms with Crippen LogP contribution in [0.5, 0.6) is 0 Å². The van der Waals surface area contributed by atoms with Crippen LogP contribution in [0.3, 0.4) is 0 Å². The van der Waals surface area contributed by atoms with Gasteiger partial charge in [0.1, 0.15) is 0 Å². The van der Waals surface area contributed by atoms with E-state index in [-0.39, 0.29) is 0 Å². The second-order valence-corrected chi connectivity index (χ2v) is 22.9. The van der Waals surface area contributed by atoms with Crippen LogP contribution in [0.25, 0.3) is 0 Å². The van der Waals surface area contributed by atoms with Crippen molar-refractivity contribution in [3.8, 4) is 0 Å². The average molecular weight is 463 g/mol. The number of fused-ring (bicyclic) bond motifs is 5. The van der Waals surface area contributed by atoms with E-state index in [0.717, 1.165) is 30.3 Å². The van der Waals surface area contributed by atoms with Gasteiger partial charge in [-0.15, -0.1) is 0 Å². The number of rotatable bonds is 6. The lowest BCUT2D eigenvalue weighted by Gasteiger charge is -2.58. The highest BCUT2D eigenvalue weighted by Gasteiger charge is 2.58. The van der Waals surface area contributed by atoms with E-state index >= 15 is 0 Å². The summed E-state index contributed by atoms with van der Waals surface area (Å²) in [6.07, 6.45) is 15.5. The van der Waals surface area contributed by atoms with Gasteiger partial charge in [-0.3, -0.25) is 0 Å². The molecule has 3 fully saturated rings. The van der Waals surface area contributed by atoms with Crippen molar-refractivity contribution in [3.05, 3.63) is 11.6 Å². The third-order valence-electron chi connectivity index (χ3n) is 9.78. The van der Waals surface area contributed by atoms with Crippen molar-refractivity contribution >= 4 is 16.6 Å². The first-order valence-corrected chi connectivity index (χ1v) is 20.1. The molecule has 1 unspecified atom stereocenters. The third-order valence-corrected chi connectivity index (χ3v) is 11.9. The molecule has 31 heavy (non-hydrogen) atoms. The van der Waals surface area contributed by atoms with Crippen molar-refractivity contribution in [3.63, 3.8) is 0 Å². The normalized spacial score (nSPS) is 43.1. The first-order valence-electron chi connectivity index (χ1n) is 13.3. The summed E-state index contributed by atoms with van der Waals surface area (Å²) in [6, 6.07) is 0. The molecular weight excluding hydrogens is 412 g/mol. The second kappa shape index (κ2) is 8.39. The van der Waals surface area contributed by atoms with E-state index in [9.17, 15) is 0 Å². The van der Waals surface area contributed by atoms with E-state index < -0.39 is 16.6 Å². The highest BCUT2D eigenvalue weighted by atomic mass is 28.4. The quantitative estimate of drug-likeness (QED) is 0.294. The maximum absolute atomic E-state index is 6.56. The Balaban J connectivity index is 1.45. The molecule has 4 aliphatic carbocycles. The summed E-state index contributed by atoms with van der Waals surface area (Å²) < 4.78 is 12.8. The highest BCUT2D eigenvalue weighted by Crippen LogP contribution is 2.66. The van der Waals surface area contributed by atoms with Crippen molar-refractivity contribution < 1.29 is 8.85 Å². The Hall–Kier alpha value is 0.0938. The third kappa shape index (κ3) is 4.83. The van der Waals surface area contributed by atoms with Crippen LogP contribution in [-0.2, 0) is 8.85 Å². The lowest BCUT2D eigenvalue weighted by molar-refractivity contribution is -0.0507. The van der Waals surface area contributed by atoms with Gasteiger partial charge >= 0.3 is 0 Å². The fourth-order valence-corrected chi connectivity index (χ4v) is 10.2. The fourth-order valence-electron chi connectivity index (χ4n) is 8.32. The molecule has 0 saturated heterocycles. The summed E-state index contributed by atoms with van der Waals surface area (Å²) >= 11 is 0. The van der Waals surface area contributed by atoms with Gasteiger partial charge in [0.2, 0.25) is 0 Å². The minimum absolute atomic E-state index is 0.447. The van der Waals surface area contributed by atoms with Crippen LogP contribution in [0.1, 0.15) is 71.6 Å². The van der Waals surface area contributed by atoms with Gasteiger partial charge in [0.15, 0.2) is 16.6 Å². The molecule has 2 nitrogen and oxygen atoms in total. The summed E-state index contributed by atoms with van der Waals surface area (Å²) in [5, 5.41) is 0. The van der Waals surface area contributed by atoms with Gasteiger partial charge in [-0.2, -0.15) is 0 Å². The molecule has 0 aromatic carbocycles. The average Bonchev–Trinajstić information content (AvgIpc) is 2.96. The van der Waals surface area contributed by atoms with Gasteiger partial charge in [-0.05, 0) is 132 Å². The Morgan fingerprint density at radius 3 is 2.32 bits per heavy atom. The van der Waals surface area contributed by atoms with E-state index in [0.29, 0.717) is 16.9 Å². The van der Waals surface area contributed by atoms with Crippen molar-refractivity contribution in [1.82, 2.24) is 0 Å². The van der Waals surface area contributed by atoms with Gasteiger partial charge in [0.25, 0.3) is 0 Å². The van der Waals surface area contributed by atoms with Crippen LogP contribution in [0.2, 0.25) is 39.3 Å². The lowest BCUT2D eigenvalue weighted by atomic mass is 9.47. The molecule has 0 N–H and O–H groups in total. The summed E-state index contributed by atoms with van der Waals surface area (Å²) in [5.74, 6) is 3.66. The van der Waals surface area contributed by atoms with Gasteiger partial charge in [0.05, 0.1) is 0 Å². The Labute approximate surface area is 195 Å². The van der Waals surface area contributed by atoms with Crippen molar-refractivity contribution in [2.75, 3.05) is 6.61 Å². The molecule has 4 rings (SSSR count). The Bertz CT molecular complexity index is 690. The van der Waals surface area contributed by atoms with E-state index in [1.165, 1.54) is 57.8 Å². The van der Waals surface area contributed by atoms with Gasteiger partial charge in [-0.25, -0.2) is 0 Å². The molecule has 0 bridgehead atoms. The smallest absolute Gasteiger partial charge is 0.184 e. The van der Waals surface area contributed by atoms with Crippen LogP contribution in [0.15, 0.2) is 11.6 Å². The first-order chi connectivity index (χ1) is 14.3. The Morgan fingerprint density at radius 1 is 0.903 bits per heavy atom. The zero-order valence-electron chi connectivity index (χ0n) is 21.9. The molecule has 0 spiro atoms. The van der Waals surface area contributed by atoms with E-state index in [1.54, 1.807) is 5.57 Å². The van der Waals surface area contributed by atoms with Crippen molar-refractivity contribution in [2.45, 2.75) is 117 Å². The Kier molecular flexibility index (Phi) is 6.56. The molecule has 7 atom stereocenters. The SMILES string of the molecule is C[C@]12CC[C@H]3[C@@H](CC=C4CC(O[Si](C)(C)C)CC[C@@]43C)[C@@H]1CC[C@@H]2CCO[Si](C)(C)C. The zero-order valence-corrected chi connectivity index (χ0v) is 23.9. The first kappa shape index (κ1) is 24.2. The predicted octanol–water partition coefficient (Wildman–Crippen LogP) is 8.03. The molecule has 178 valence electrons. The summed E-state index contributed by atoms with van der Waals surface area (Å²) in [4.78, 5) is 0. The van der Waals surface area contributed by atoms with Gasteiger partial charge in [-0.1, -0.05) is 25.5 Å². The highest BCUT2D eigenvalue weighted by molar-refractivity contribution is 6.70. The van der Waals surface area contributed by atoms with Crippen molar-refractivity contribution in [1.29, 1.82) is 0 Å². The monoisotopic (exact) mass is 462 g/mol. The Morgan fingerprint density at radius 2 is 1.65 bits per heavy atom. The maximum Gasteiger partial charge on any atom is 0.184 e. The minimum Gasteiger partial charge on any atom is -0.418 e. The topological polar surface area (TPSA) is 18.5 Å². The summed E-state index contributed by atoms with van der Waals surface area (Å²) in [7, 11) is -2.84. The maximum atomic E-state index is 6.56. The van der Waals surface area contributed by atoms with Gasteiger partial charge in [0, 0.05) is 12.7 Å².